The maximum absolute atomic E-state index is 5.62. The number of alkyl halides is 1. The Balaban J connectivity index is 2.36. The zero-order chi connectivity index (χ0) is 5.11. The van der Waals surface area contributed by atoms with Gasteiger partial charge in [0.1, 0.15) is 5.50 Å². The number of rotatable bonds is 0. The zero-order valence-corrected chi connectivity index (χ0v) is 4.86. The Labute approximate surface area is 48.4 Å². The highest BCUT2D eigenvalue weighted by Gasteiger charge is 2.02. The van der Waals surface area contributed by atoms with Crippen molar-refractivity contribution >= 4 is 17.8 Å². The molecular weight excluding hydrogens is 110 g/mol. The van der Waals surface area contributed by atoms with Crippen LogP contribution in [-0.2, 0) is 0 Å². The van der Waals surface area contributed by atoms with Gasteiger partial charge in [0.15, 0.2) is 0 Å². The molecule has 1 aliphatic rings. The normalized spacial score (nSPS) is 30.7. The number of hydrogen-bond acceptors (Lipinski definition) is 1. The molecule has 0 aromatic carbocycles. The second kappa shape index (κ2) is 2.31. The molecule has 0 spiro atoms. The molecule has 0 radical (unpaired) electrons. The van der Waals surface area contributed by atoms with Gasteiger partial charge < -0.3 is 0 Å². The maximum Gasteiger partial charge on any atom is 0.123 e. The first-order valence-electron chi connectivity index (χ1n) is 2.55. The SMILES string of the molecule is ClC1CCCC=N1. The van der Waals surface area contributed by atoms with E-state index in [1.165, 1.54) is 6.42 Å². The van der Waals surface area contributed by atoms with Gasteiger partial charge in [-0.25, -0.2) is 0 Å². The Morgan fingerprint density at radius 1 is 1.71 bits per heavy atom. The lowest BCUT2D eigenvalue weighted by Gasteiger charge is -2.05. The molecule has 0 aromatic rings. The van der Waals surface area contributed by atoms with Crippen LogP contribution in [0.3, 0.4) is 0 Å². The molecule has 0 N–H and O–H groups in total. The molecule has 0 saturated carbocycles. The molecule has 0 aliphatic carbocycles. The molecule has 0 bridgehead atoms. The molecular formula is C5H8ClN. The third kappa shape index (κ3) is 1.48. The molecule has 0 fully saturated rings. The summed E-state index contributed by atoms with van der Waals surface area (Å²) in [7, 11) is 0. The fourth-order valence-electron chi connectivity index (χ4n) is 0.641. The largest absolute Gasteiger partial charge is 0.278 e. The molecule has 1 heterocycles. The molecule has 1 unspecified atom stereocenters. The summed E-state index contributed by atoms with van der Waals surface area (Å²) in [5, 5.41) is 0. The van der Waals surface area contributed by atoms with Crippen molar-refractivity contribution in [2.45, 2.75) is 24.8 Å². The summed E-state index contributed by atoms with van der Waals surface area (Å²) in [6.45, 7) is 0. The standard InChI is InChI=1S/C5H8ClN/c6-5-3-1-2-4-7-5/h4-5H,1-3H2. The second-order valence-electron chi connectivity index (χ2n) is 1.70. The number of nitrogens with zero attached hydrogens (tertiary/aromatic N) is 1. The summed E-state index contributed by atoms with van der Waals surface area (Å²) < 4.78 is 0. The van der Waals surface area contributed by atoms with Crippen LogP contribution in [-0.4, -0.2) is 11.7 Å². The van der Waals surface area contributed by atoms with Gasteiger partial charge in [-0.3, -0.25) is 4.99 Å². The second-order valence-corrected chi connectivity index (χ2v) is 2.20. The first-order chi connectivity index (χ1) is 3.39. The van der Waals surface area contributed by atoms with Crippen molar-refractivity contribution in [1.82, 2.24) is 0 Å². The summed E-state index contributed by atoms with van der Waals surface area (Å²) in [6, 6.07) is 0. The van der Waals surface area contributed by atoms with E-state index in [9.17, 15) is 0 Å². The highest BCUT2D eigenvalue weighted by molar-refractivity contribution is 6.20. The smallest absolute Gasteiger partial charge is 0.123 e. The molecule has 7 heavy (non-hydrogen) atoms. The van der Waals surface area contributed by atoms with Crippen LogP contribution in [0, 0.1) is 0 Å². The Kier molecular flexibility index (Phi) is 1.69. The molecule has 1 nitrogen and oxygen atoms in total. The lowest BCUT2D eigenvalue weighted by molar-refractivity contribution is 0.705. The van der Waals surface area contributed by atoms with E-state index in [1.807, 2.05) is 6.21 Å². The van der Waals surface area contributed by atoms with Crippen molar-refractivity contribution in [3.63, 3.8) is 0 Å². The van der Waals surface area contributed by atoms with E-state index in [1.54, 1.807) is 0 Å². The molecule has 1 atom stereocenters. The predicted octanol–water partition coefficient (Wildman–Crippen LogP) is 1.81. The fourth-order valence-corrected chi connectivity index (χ4v) is 0.875. The van der Waals surface area contributed by atoms with Crippen LogP contribution in [0.1, 0.15) is 19.3 Å². The average molecular weight is 118 g/mol. The van der Waals surface area contributed by atoms with Crippen molar-refractivity contribution in [2.24, 2.45) is 4.99 Å². The van der Waals surface area contributed by atoms with Gasteiger partial charge in [0.25, 0.3) is 0 Å². The van der Waals surface area contributed by atoms with Crippen molar-refractivity contribution in [1.29, 1.82) is 0 Å². The van der Waals surface area contributed by atoms with Crippen LogP contribution in [0.5, 0.6) is 0 Å². The molecule has 1 aliphatic heterocycles. The molecule has 40 valence electrons. The first-order valence-corrected chi connectivity index (χ1v) is 2.99. The third-order valence-electron chi connectivity index (χ3n) is 1.04. The molecule has 1 rings (SSSR count). The van der Waals surface area contributed by atoms with Gasteiger partial charge in [-0.05, 0) is 19.3 Å². The van der Waals surface area contributed by atoms with Gasteiger partial charge in [0.05, 0.1) is 0 Å². The van der Waals surface area contributed by atoms with E-state index in [4.69, 9.17) is 11.6 Å². The maximum atomic E-state index is 5.62. The topological polar surface area (TPSA) is 12.4 Å². The molecule has 0 saturated heterocycles. The van der Waals surface area contributed by atoms with Gasteiger partial charge in [-0.15, -0.1) is 0 Å². The Bertz CT molecular complexity index is 80.1. The Morgan fingerprint density at radius 2 is 2.57 bits per heavy atom. The van der Waals surface area contributed by atoms with Gasteiger partial charge >= 0.3 is 0 Å². The number of halogens is 1. The summed E-state index contributed by atoms with van der Waals surface area (Å²) in [5.41, 5.74) is 0.0775. The predicted molar refractivity (Wildman–Crippen MR) is 32.0 cm³/mol. The minimum absolute atomic E-state index is 0.0775. The van der Waals surface area contributed by atoms with Crippen molar-refractivity contribution in [3.8, 4) is 0 Å². The van der Waals surface area contributed by atoms with Gasteiger partial charge in [-0.1, -0.05) is 11.6 Å². The minimum atomic E-state index is 0.0775. The van der Waals surface area contributed by atoms with Crippen LogP contribution in [0.4, 0.5) is 0 Å². The van der Waals surface area contributed by atoms with Crippen LogP contribution in [0.25, 0.3) is 0 Å². The van der Waals surface area contributed by atoms with Crippen molar-refractivity contribution in [3.05, 3.63) is 0 Å². The number of hydrogen-bond donors (Lipinski definition) is 0. The lowest BCUT2D eigenvalue weighted by atomic mass is 10.2. The van der Waals surface area contributed by atoms with Crippen molar-refractivity contribution < 1.29 is 0 Å². The summed E-state index contributed by atoms with van der Waals surface area (Å²) in [6.07, 6.45) is 5.28. The summed E-state index contributed by atoms with van der Waals surface area (Å²) >= 11 is 5.62. The van der Waals surface area contributed by atoms with E-state index in [0.717, 1.165) is 12.8 Å². The van der Waals surface area contributed by atoms with E-state index >= 15 is 0 Å². The zero-order valence-electron chi connectivity index (χ0n) is 4.10. The fraction of sp³-hybridized carbons (Fsp3) is 0.800. The molecule has 2 heteroatoms. The van der Waals surface area contributed by atoms with E-state index in [2.05, 4.69) is 4.99 Å². The highest BCUT2D eigenvalue weighted by atomic mass is 35.5. The third-order valence-corrected chi connectivity index (χ3v) is 1.37. The summed E-state index contributed by atoms with van der Waals surface area (Å²) in [5.74, 6) is 0. The van der Waals surface area contributed by atoms with Crippen LogP contribution < -0.4 is 0 Å². The van der Waals surface area contributed by atoms with Crippen LogP contribution in [0.15, 0.2) is 4.99 Å². The van der Waals surface area contributed by atoms with Gasteiger partial charge in [-0.2, -0.15) is 0 Å². The molecule has 0 amide bonds. The monoisotopic (exact) mass is 117 g/mol. The summed E-state index contributed by atoms with van der Waals surface area (Å²) in [4.78, 5) is 3.97. The van der Waals surface area contributed by atoms with Crippen LogP contribution in [0.2, 0.25) is 0 Å². The molecule has 0 aromatic heterocycles. The Hall–Kier alpha value is -0.0400. The van der Waals surface area contributed by atoms with Gasteiger partial charge in [0.2, 0.25) is 0 Å². The van der Waals surface area contributed by atoms with Crippen LogP contribution >= 0.6 is 11.6 Å². The van der Waals surface area contributed by atoms with Crippen molar-refractivity contribution in [2.75, 3.05) is 0 Å². The van der Waals surface area contributed by atoms with Gasteiger partial charge in [0, 0.05) is 6.21 Å². The van der Waals surface area contributed by atoms with E-state index in [0.29, 0.717) is 0 Å². The number of aliphatic imine (C=N–C) groups is 1. The highest BCUT2D eigenvalue weighted by Crippen LogP contribution is 2.11. The average Bonchev–Trinajstić information content (AvgIpc) is 1.69. The minimum Gasteiger partial charge on any atom is -0.278 e. The lowest BCUT2D eigenvalue weighted by Crippen LogP contribution is -1.99. The van der Waals surface area contributed by atoms with E-state index in [-0.39, 0.29) is 5.50 Å². The van der Waals surface area contributed by atoms with E-state index < -0.39 is 0 Å². The first kappa shape index (κ1) is 5.10. The quantitative estimate of drug-likeness (QED) is 0.339. The Morgan fingerprint density at radius 3 is 2.86 bits per heavy atom.